The molecule has 1 aliphatic heterocycles. The summed E-state index contributed by atoms with van der Waals surface area (Å²) in [5.41, 5.74) is 6.13. The first-order chi connectivity index (χ1) is 6.77. The zero-order valence-corrected chi connectivity index (χ0v) is 9.76. The molecule has 0 spiro atoms. The summed E-state index contributed by atoms with van der Waals surface area (Å²) in [7, 11) is 0. The first kappa shape index (κ1) is 12.6. The molecule has 2 rings (SSSR count). The van der Waals surface area contributed by atoms with Gasteiger partial charge in [0, 0.05) is 13.2 Å². The molecule has 2 heterocycles. The zero-order chi connectivity index (χ0) is 9.97. The van der Waals surface area contributed by atoms with Gasteiger partial charge in [-0.15, -0.1) is 12.4 Å². The van der Waals surface area contributed by atoms with Crippen molar-refractivity contribution in [2.75, 3.05) is 13.2 Å². The maximum Gasteiger partial charge on any atom is 0.121 e. The van der Waals surface area contributed by atoms with Crippen molar-refractivity contribution in [2.24, 2.45) is 11.7 Å². The molecule has 4 heteroatoms. The van der Waals surface area contributed by atoms with E-state index >= 15 is 0 Å². The van der Waals surface area contributed by atoms with Crippen molar-refractivity contribution in [3.63, 3.8) is 0 Å². The van der Waals surface area contributed by atoms with Crippen LogP contribution in [0.25, 0.3) is 0 Å². The summed E-state index contributed by atoms with van der Waals surface area (Å²) < 4.78 is 10.8. The van der Waals surface area contributed by atoms with Crippen molar-refractivity contribution >= 4 is 12.4 Å². The Morgan fingerprint density at radius 1 is 1.33 bits per heavy atom. The maximum absolute atomic E-state index is 6.13. The van der Waals surface area contributed by atoms with E-state index in [4.69, 9.17) is 14.9 Å². The lowest BCUT2D eigenvalue weighted by Gasteiger charge is -2.26. The number of aryl methyl sites for hydroxylation is 1. The minimum atomic E-state index is 0. The molecule has 0 bridgehead atoms. The van der Waals surface area contributed by atoms with Gasteiger partial charge in [0.1, 0.15) is 11.5 Å². The summed E-state index contributed by atoms with van der Waals surface area (Å²) in [6.07, 6.45) is 2.09. The quantitative estimate of drug-likeness (QED) is 0.851. The largest absolute Gasteiger partial charge is 0.465 e. The van der Waals surface area contributed by atoms with E-state index in [1.165, 1.54) is 0 Å². The van der Waals surface area contributed by atoms with Gasteiger partial charge in [0.25, 0.3) is 0 Å². The van der Waals surface area contributed by atoms with E-state index in [1.807, 2.05) is 19.1 Å². The van der Waals surface area contributed by atoms with Gasteiger partial charge in [0.05, 0.1) is 6.04 Å². The van der Waals surface area contributed by atoms with Crippen LogP contribution in [0.5, 0.6) is 0 Å². The fourth-order valence-electron chi connectivity index (χ4n) is 1.94. The highest BCUT2D eigenvalue weighted by Crippen LogP contribution is 2.28. The highest BCUT2D eigenvalue weighted by Gasteiger charge is 2.24. The van der Waals surface area contributed by atoms with Crippen LogP contribution < -0.4 is 5.73 Å². The molecule has 0 saturated carbocycles. The van der Waals surface area contributed by atoms with Crippen molar-refractivity contribution in [1.82, 2.24) is 0 Å². The third-order valence-corrected chi connectivity index (χ3v) is 2.86. The van der Waals surface area contributed by atoms with Crippen molar-refractivity contribution < 1.29 is 9.15 Å². The summed E-state index contributed by atoms with van der Waals surface area (Å²) in [4.78, 5) is 0. The molecule has 86 valence electrons. The lowest BCUT2D eigenvalue weighted by Crippen LogP contribution is -2.27. The summed E-state index contributed by atoms with van der Waals surface area (Å²) in [6.45, 7) is 3.61. The van der Waals surface area contributed by atoms with Crippen molar-refractivity contribution in [2.45, 2.75) is 25.8 Å². The van der Waals surface area contributed by atoms with Crippen molar-refractivity contribution in [3.8, 4) is 0 Å². The summed E-state index contributed by atoms with van der Waals surface area (Å²) in [6, 6.07) is 3.98. The molecule has 0 radical (unpaired) electrons. The first-order valence-electron chi connectivity index (χ1n) is 5.17. The van der Waals surface area contributed by atoms with Gasteiger partial charge in [0.15, 0.2) is 0 Å². The van der Waals surface area contributed by atoms with Crippen LogP contribution in [0.15, 0.2) is 16.5 Å². The Kier molecular flexibility index (Phi) is 4.64. The molecule has 15 heavy (non-hydrogen) atoms. The monoisotopic (exact) mass is 231 g/mol. The zero-order valence-electron chi connectivity index (χ0n) is 8.94. The summed E-state index contributed by atoms with van der Waals surface area (Å²) in [5, 5.41) is 0. The van der Waals surface area contributed by atoms with Gasteiger partial charge < -0.3 is 14.9 Å². The van der Waals surface area contributed by atoms with Crippen LogP contribution in [0, 0.1) is 12.8 Å². The SMILES string of the molecule is Cc1ccc([C@H](N)C2CCOCC2)o1.Cl. The third kappa shape index (κ3) is 2.97. The molecule has 1 aliphatic rings. The van der Waals surface area contributed by atoms with Gasteiger partial charge in [-0.25, -0.2) is 0 Å². The molecule has 1 aromatic rings. The Bertz CT molecular complexity index is 295. The lowest BCUT2D eigenvalue weighted by molar-refractivity contribution is 0.0559. The van der Waals surface area contributed by atoms with Crippen molar-refractivity contribution in [3.05, 3.63) is 23.7 Å². The minimum absolute atomic E-state index is 0. The Hall–Kier alpha value is -0.510. The van der Waals surface area contributed by atoms with Gasteiger partial charge in [0.2, 0.25) is 0 Å². The van der Waals surface area contributed by atoms with Crippen molar-refractivity contribution in [1.29, 1.82) is 0 Å². The van der Waals surface area contributed by atoms with Gasteiger partial charge in [-0.05, 0) is 37.8 Å². The Labute approximate surface area is 96.4 Å². The topological polar surface area (TPSA) is 48.4 Å². The Morgan fingerprint density at radius 2 is 2.00 bits per heavy atom. The predicted molar refractivity (Wildman–Crippen MR) is 61.2 cm³/mol. The average molecular weight is 232 g/mol. The number of hydrogen-bond donors (Lipinski definition) is 1. The maximum atomic E-state index is 6.13. The molecule has 0 unspecified atom stereocenters. The molecule has 1 fully saturated rings. The second-order valence-electron chi connectivity index (χ2n) is 3.92. The number of nitrogens with two attached hydrogens (primary N) is 1. The van der Waals surface area contributed by atoms with Crippen LogP contribution in [0.1, 0.15) is 30.4 Å². The highest BCUT2D eigenvalue weighted by atomic mass is 35.5. The molecule has 0 aliphatic carbocycles. The van der Waals surface area contributed by atoms with Gasteiger partial charge >= 0.3 is 0 Å². The second kappa shape index (κ2) is 5.54. The van der Waals surface area contributed by atoms with Gasteiger partial charge in [-0.1, -0.05) is 0 Å². The molecule has 2 N–H and O–H groups in total. The molecule has 3 nitrogen and oxygen atoms in total. The summed E-state index contributed by atoms with van der Waals surface area (Å²) in [5.74, 6) is 2.35. The number of halogens is 1. The highest BCUT2D eigenvalue weighted by molar-refractivity contribution is 5.85. The number of ether oxygens (including phenoxy) is 1. The molecular weight excluding hydrogens is 214 g/mol. The van der Waals surface area contributed by atoms with E-state index in [2.05, 4.69) is 0 Å². The normalized spacial score (nSPS) is 19.6. The summed E-state index contributed by atoms with van der Waals surface area (Å²) >= 11 is 0. The molecule has 1 aromatic heterocycles. The Balaban J connectivity index is 0.00000112. The molecule has 1 atom stereocenters. The predicted octanol–water partition coefficient (Wildman–Crippen LogP) is 2.44. The van der Waals surface area contributed by atoms with Crippen LogP contribution in [0.4, 0.5) is 0 Å². The molecule has 1 saturated heterocycles. The number of rotatable bonds is 2. The number of hydrogen-bond acceptors (Lipinski definition) is 3. The molecule has 0 aromatic carbocycles. The van der Waals surface area contributed by atoms with E-state index in [0.29, 0.717) is 5.92 Å². The molecule has 0 amide bonds. The van der Waals surface area contributed by atoms with Crippen LogP contribution in [-0.2, 0) is 4.74 Å². The van der Waals surface area contributed by atoms with E-state index in [1.54, 1.807) is 0 Å². The molecular formula is C11H18ClNO2. The number of furan rings is 1. The van der Waals surface area contributed by atoms with E-state index < -0.39 is 0 Å². The fourth-order valence-corrected chi connectivity index (χ4v) is 1.94. The fraction of sp³-hybridized carbons (Fsp3) is 0.636. The Morgan fingerprint density at radius 3 is 2.53 bits per heavy atom. The second-order valence-corrected chi connectivity index (χ2v) is 3.92. The lowest BCUT2D eigenvalue weighted by atomic mass is 9.91. The standard InChI is InChI=1S/C11H17NO2.ClH/c1-8-2-3-10(14-8)11(12)9-4-6-13-7-5-9;/h2-3,9,11H,4-7,12H2,1H3;1H/t11-;/m1./s1. The minimum Gasteiger partial charge on any atom is -0.465 e. The van der Waals surface area contributed by atoms with Gasteiger partial charge in [-0.2, -0.15) is 0 Å². The van der Waals surface area contributed by atoms with Gasteiger partial charge in [-0.3, -0.25) is 0 Å². The average Bonchev–Trinajstić information content (AvgIpc) is 2.65. The smallest absolute Gasteiger partial charge is 0.121 e. The van der Waals surface area contributed by atoms with Crippen LogP contribution in [0.3, 0.4) is 0 Å². The van der Waals surface area contributed by atoms with Crippen LogP contribution in [0.2, 0.25) is 0 Å². The van der Waals surface area contributed by atoms with E-state index in [9.17, 15) is 0 Å². The third-order valence-electron chi connectivity index (χ3n) is 2.86. The van der Waals surface area contributed by atoms with E-state index in [0.717, 1.165) is 37.6 Å². The van der Waals surface area contributed by atoms with E-state index in [-0.39, 0.29) is 18.4 Å². The first-order valence-corrected chi connectivity index (χ1v) is 5.17. The van der Waals surface area contributed by atoms with Crippen LogP contribution >= 0.6 is 12.4 Å². The van der Waals surface area contributed by atoms with Crippen LogP contribution in [-0.4, -0.2) is 13.2 Å².